The highest BCUT2D eigenvalue weighted by atomic mass is 32.2. The van der Waals surface area contributed by atoms with Crippen molar-refractivity contribution in [2.24, 2.45) is 0 Å². The molecule has 3 aromatic rings. The molecule has 0 atom stereocenters. The highest BCUT2D eigenvalue weighted by molar-refractivity contribution is 7.98. The van der Waals surface area contributed by atoms with Crippen LogP contribution in [0.4, 0.5) is 5.13 Å². The number of nitrogens with one attached hydrogen (secondary N) is 1. The molecule has 3 rings (SSSR count). The van der Waals surface area contributed by atoms with Gasteiger partial charge in [-0.1, -0.05) is 23.9 Å². The van der Waals surface area contributed by atoms with E-state index in [4.69, 9.17) is 14.2 Å². The van der Waals surface area contributed by atoms with Crippen molar-refractivity contribution in [1.82, 2.24) is 9.36 Å². The van der Waals surface area contributed by atoms with Crippen LogP contribution < -0.4 is 19.5 Å². The molecule has 0 radical (unpaired) electrons. The third-order valence-electron chi connectivity index (χ3n) is 4.18. The Kier molecular flexibility index (Phi) is 8.01. The van der Waals surface area contributed by atoms with E-state index in [0.717, 1.165) is 11.5 Å². The van der Waals surface area contributed by atoms with Crippen molar-refractivity contribution in [3.8, 4) is 23.3 Å². The predicted molar refractivity (Wildman–Crippen MR) is 125 cm³/mol. The van der Waals surface area contributed by atoms with Crippen LogP contribution in [0.2, 0.25) is 0 Å². The molecule has 0 saturated carbocycles. The molecule has 1 amide bonds. The molecule has 0 unspecified atom stereocenters. The van der Waals surface area contributed by atoms with Crippen molar-refractivity contribution >= 4 is 46.4 Å². The summed E-state index contributed by atoms with van der Waals surface area (Å²) < 4.78 is 19.9. The van der Waals surface area contributed by atoms with E-state index < -0.39 is 11.9 Å². The summed E-state index contributed by atoms with van der Waals surface area (Å²) in [7, 11) is 2.92. The van der Waals surface area contributed by atoms with Gasteiger partial charge in [0.25, 0.3) is 5.91 Å². The van der Waals surface area contributed by atoms with Gasteiger partial charge in [0, 0.05) is 11.5 Å². The zero-order valence-electron chi connectivity index (χ0n) is 17.8. The Labute approximate surface area is 198 Å². The molecule has 9 nitrogen and oxygen atoms in total. The van der Waals surface area contributed by atoms with Gasteiger partial charge in [0.2, 0.25) is 10.3 Å². The molecule has 168 valence electrons. The molecule has 0 saturated heterocycles. The number of ether oxygens (including phenoxy) is 3. The topological polar surface area (TPSA) is 123 Å². The summed E-state index contributed by atoms with van der Waals surface area (Å²) in [6.45, 7) is 0. The van der Waals surface area contributed by atoms with Gasteiger partial charge in [-0.25, -0.2) is 4.79 Å². The van der Waals surface area contributed by atoms with Crippen LogP contribution in [0.5, 0.6) is 17.2 Å². The summed E-state index contributed by atoms with van der Waals surface area (Å²) >= 11 is 2.37. The minimum atomic E-state index is -0.617. The first kappa shape index (κ1) is 23.8. The number of benzene rings is 2. The van der Waals surface area contributed by atoms with E-state index >= 15 is 0 Å². The monoisotopic (exact) mass is 482 g/mol. The van der Waals surface area contributed by atoms with Crippen molar-refractivity contribution < 1.29 is 23.8 Å². The minimum Gasteiger partial charge on any atom is -0.497 e. The number of methoxy groups -OCH3 is 2. The van der Waals surface area contributed by atoms with Gasteiger partial charge in [-0.3, -0.25) is 10.1 Å². The maximum absolute atomic E-state index is 12.5. The van der Waals surface area contributed by atoms with Gasteiger partial charge in [0.15, 0.2) is 11.5 Å². The van der Waals surface area contributed by atoms with Crippen LogP contribution >= 0.6 is 23.3 Å². The highest BCUT2D eigenvalue weighted by Gasteiger charge is 2.16. The summed E-state index contributed by atoms with van der Waals surface area (Å²) in [6.07, 6.45) is 3.21. The van der Waals surface area contributed by atoms with Crippen LogP contribution in [0.1, 0.15) is 15.9 Å². The number of hydrogen-bond donors (Lipinski definition) is 1. The fourth-order valence-electron chi connectivity index (χ4n) is 2.59. The number of carbonyl (C=O) groups excluding carboxylic acids is 2. The van der Waals surface area contributed by atoms with Crippen molar-refractivity contribution in [3.63, 3.8) is 0 Å². The fraction of sp³-hybridized carbons (Fsp3) is 0.136. The van der Waals surface area contributed by atoms with E-state index in [0.29, 0.717) is 27.2 Å². The van der Waals surface area contributed by atoms with Crippen LogP contribution in [-0.4, -0.2) is 41.7 Å². The van der Waals surface area contributed by atoms with Crippen LogP contribution in [0.3, 0.4) is 0 Å². The van der Waals surface area contributed by atoms with Crippen molar-refractivity contribution in [2.75, 3.05) is 25.8 Å². The number of nitriles is 1. The Morgan fingerprint density at radius 3 is 2.64 bits per heavy atom. The fourth-order valence-corrected chi connectivity index (χ4v) is 3.71. The van der Waals surface area contributed by atoms with Crippen molar-refractivity contribution in [2.45, 2.75) is 5.16 Å². The quantitative estimate of drug-likeness (QED) is 0.166. The molecule has 0 spiro atoms. The number of aromatic nitrogens is 2. The highest BCUT2D eigenvalue weighted by Crippen LogP contribution is 2.30. The molecule has 0 aliphatic carbocycles. The third-order valence-corrected chi connectivity index (χ3v) is 5.48. The van der Waals surface area contributed by atoms with E-state index in [1.165, 1.54) is 38.1 Å². The number of thioether (sulfide) groups is 1. The molecule has 1 aromatic heterocycles. The van der Waals surface area contributed by atoms with Gasteiger partial charge >= 0.3 is 5.97 Å². The Balaban J connectivity index is 1.78. The molecule has 1 heterocycles. The Hall–Kier alpha value is -3.88. The predicted octanol–water partition coefficient (Wildman–Crippen LogP) is 4.04. The lowest BCUT2D eigenvalue weighted by Crippen LogP contribution is -2.13. The lowest BCUT2D eigenvalue weighted by molar-refractivity contribution is -0.112. The number of rotatable bonds is 8. The lowest BCUT2D eigenvalue weighted by Gasteiger charge is -2.10. The smallest absolute Gasteiger partial charge is 0.343 e. The average Bonchev–Trinajstić information content (AvgIpc) is 3.30. The maximum Gasteiger partial charge on any atom is 0.343 e. The Morgan fingerprint density at radius 1 is 1.15 bits per heavy atom. The number of esters is 1. The summed E-state index contributed by atoms with van der Waals surface area (Å²) in [5.74, 6) is -0.240. The second-order valence-corrected chi connectivity index (χ2v) is 7.77. The molecule has 1 N–H and O–H groups in total. The third kappa shape index (κ3) is 6.09. The van der Waals surface area contributed by atoms with E-state index in [-0.39, 0.29) is 17.1 Å². The summed E-state index contributed by atoms with van der Waals surface area (Å²) in [5, 5.41) is 12.8. The average molecular weight is 483 g/mol. The molecule has 11 heteroatoms. The summed E-state index contributed by atoms with van der Waals surface area (Å²) in [5.41, 5.74) is 0.672. The molecule has 0 fully saturated rings. The first-order chi connectivity index (χ1) is 16.0. The zero-order valence-corrected chi connectivity index (χ0v) is 19.5. The number of anilines is 1. The molecule has 0 bridgehead atoms. The van der Waals surface area contributed by atoms with Crippen LogP contribution in [-0.2, 0) is 4.79 Å². The van der Waals surface area contributed by atoms with E-state index in [1.807, 2.05) is 12.3 Å². The second-order valence-electron chi connectivity index (χ2n) is 6.24. The van der Waals surface area contributed by atoms with E-state index in [1.54, 1.807) is 36.4 Å². The minimum absolute atomic E-state index is 0.140. The molecular formula is C22H18N4O5S2. The van der Waals surface area contributed by atoms with Gasteiger partial charge < -0.3 is 14.2 Å². The van der Waals surface area contributed by atoms with Crippen molar-refractivity contribution in [3.05, 3.63) is 59.2 Å². The summed E-state index contributed by atoms with van der Waals surface area (Å²) in [6, 6.07) is 13.1. The Bertz CT molecular complexity index is 1250. The van der Waals surface area contributed by atoms with Crippen molar-refractivity contribution in [1.29, 1.82) is 5.26 Å². The number of hydrogen-bond acceptors (Lipinski definition) is 10. The van der Waals surface area contributed by atoms with E-state index in [2.05, 4.69) is 14.7 Å². The normalized spacial score (nSPS) is 10.8. The molecule has 0 aliphatic heterocycles. The molecule has 0 aliphatic rings. The number of amides is 1. The first-order valence-electron chi connectivity index (χ1n) is 9.32. The largest absolute Gasteiger partial charge is 0.497 e. The van der Waals surface area contributed by atoms with E-state index in [9.17, 15) is 14.9 Å². The summed E-state index contributed by atoms with van der Waals surface area (Å²) in [4.78, 5) is 29.1. The molecular weight excluding hydrogens is 464 g/mol. The molecule has 33 heavy (non-hydrogen) atoms. The standard InChI is InChI=1S/C22H18N4O5S2/c1-29-16-6-4-5-14(11-16)20(28)31-17-8-7-13(10-18(17)30-2)9-15(12-23)19(27)24-21-25-22(32-3)26-33-21/h4-11H,1-3H3,(H,24,25,26,27)/b15-9-. The number of carbonyl (C=O) groups is 2. The zero-order chi connectivity index (χ0) is 23.8. The van der Waals surface area contributed by atoms with Gasteiger partial charge in [-0.2, -0.15) is 14.6 Å². The SMILES string of the molecule is COc1cccc(C(=O)Oc2ccc(/C=C(/C#N)C(=O)Nc3nc(SC)ns3)cc2OC)c1. The van der Waals surface area contributed by atoms with Gasteiger partial charge in [0.05, 0.1) is 19.8 Å². The maximum atomic E-state index is 12.5. The van der Waals surface area contributed by atoms with Gasteiger partial charge in [-0.15, -0.1) is 0 Å². The number of nitrogens with zero attached hydrogens (tertiary/aromatic N) is 3. The second kappa shape index (κ2) is 11.1. The first-order valence-corrected chi connectivity index (χ1v) is 11.3. The van der Waals surface area contributed by atoms with Crippen LogP contribution in [0, 0.1) is 11.3 Å². The Morgan fingerprint density at radius 2 is 1.97 bits per heavy atom. The van der Waals surface area contributed by atoms with Crippen LogP contribution in [0.15, 0.2) is 53.2 Å². The van der Waals surface area contributed by atoms with Gasteiger partial charge in [0.1, 0.15) is 17.4 Å². The van der Waals surface area contributed by atoms with Crippen LogP contribution in [0.25, 0.3) is 6.08 Å². The van der Waals surface area contributed by atoms with Gasteiger partial charge in [-0.05, 0) is 48.2 Å². The lowest BCUT2D eigenvalue weighted by atomic mass is 10.1. The molecule has 2 aromatic carbocycles.